The molecule has 0 saturated heterocycles. The maximum atomic E-state index is 12.5. The molecule has 2 heterocycles. The highest BCUT2D eigenvalue weighted by molar-refractivity contribution is 7.89. The lowest BCUT2D eigenvalue weighted by Crippen LogP contribution is -2.23. The summed E-state index contributed by atoms with van der Waals surface area (Å²) in [6, 6.07) is 12.0. The SMILES string of the molecule is CN(C)S(=O)(=O)c1cccc(NC(=O)COC(=O)c2cccnc2Oc2cccnc2)c1. The molecule has 0 aliphatic rings. The van der Waals surface area contributed by atoms with Crippen molar-refractivity contribution in [2.75, 3.05) is 26.0 Å². The summed E-state index contributed by atoms with van der Waals surface area (Å²) < 4.78 is 36.1. The summed E-state index contributed by atoms with van der Waals surface area (Å²) in [7, 11) is -0.841. The van der Waals surface area contributed by atoms with Gasteiger partial charge in [-0.05, 0) is 42.5 Å². The van der Waals surface area contributed by atoms with Crippen molar-refractivity contribution >= 4 is 27.6 Å². The van der Waals surface area contributed by atoms with E-state index in [0.29, 0.717) is 5.75 Å². The van der Waals surface area contributed by atoms with Gasteiger partial charge < -0.3 is 14.8 Å². The minimum atomic E-state index is -3.66. The second-order valence-corrected chi connectivity index (χ2v) is 8.74. The first-order chi connectivity index (χ1) is 15.3. The fourth-order valence-electron chi connectivity index (χ4n) is 2.50. The first-order valence-electron chi connectivity index (χ1n) is 9.30. The van der Waals surface area contributed by atoms with Gasteiger partial charge in [0.15, 0.2) is 6.61 Å². The number of sulfonamides is 1. The van der Waals surface area contributed by atoms with Crippen LogP contribution in [-0.4, -0.2) is 55.3 Å². The Morgan fingerprint density at radius 3 is 2.56 bits per heavy atom. The molecule has 0 radical (unpaired) electrons. The van der Waals surface area contributed by atoms with E-state index in [0.717, 1.165) is 4.31 Å². The summed E-state index contributed by atoms with van der Waals surface area (Å²) in [6.07, 6.45) is 4.48. The van der Waals surface area contributed by atoms with Crippen LogP contribution in [0, 0.1) is 0 Å². The van der Waals surface area contributed by atoms with Gasteiger partial charge in [0.05, 0.1) is 11.1 Å². The number of amides is 1. The fourth-order valence-corrected chi connectivity index (χ4v) is 3.45. The van der Waals surface area contributed by atoms with E-state index in [4.69, 9.17) is 9.47 Å². The van der Waals surface area contributed by atoms with E-state index in [9.17, 15) is 18.0 Å². The van der Waals surface area contributed by atoms with Gasteiger partial charge in [0.25, 0.3) is 5.91 Å². The number of hydrogen-bond donors (Lipinski definition) is 1. The summed E-state index contributed by atoms with van der Waals surface area (Å²) in [4.78, 5) is 32.6. The Kier molecular flexibility index (Phi) is 7.13. The number of esters is 1. The van der Waals surface area contributed by atoms with Gasteiger partial charge in [-0.3, -0.25) is 9.78 Å². The van der Waals surface area contributed by atoms with Crippen molar-refractivity contribution in [2.24, 2.45) is 0 Å². The molecule has 3 rings (SSSR count). The van der Waals surface area contributed by atoms with Crippen LogP contribution in [0.4, 0.5) is 5.69 Å². The zero-order valence-corrected chi connectivity index (χ0v) is 18.1. The van der Waals surface area contributed by atoms with Gasteiger partial charge in [-0.1, -0.05) is 6.07 Å². The molecular formula is C21H20N4O6S. The number of anilines is 1. The second kappa shape index (κ2) is 9.98. The van der Waals surface area contributed by atoms with Gasteiger partial charge >= 0.3 is 5.97 Å². The van der Waals surface area contributed by atoms with E-state index in [1.54, 1.807) is 18.3 Å². The molecule has 0 fully saturated rings. The number of hydrogen-bond acceptors (Lipinski definition) is 8. The Morgan fingerprint density at radius 2 is 1.84 bits per heavy atom. The standard InChI is InChI=1S/C21H20N4O6S/c1-25(2)32(28,29)17-8-3-6-15(12-17)24-19(26)14-30-21(27)18-9-5-11-23-20(18)31-16-7-4-10-22-13-16/h3-13H,14H2,1-2H3,(H,24,26). The van der Waals surface area contributed by atoms with Gasteiger partial charge in [0.1, 0.15) is 11.3 Å². The van der Waals surface area contributed by atoms with Crippen molar-refractivity contribution < 1.29 is 27.5 Å². The Labute approximate surface area is 184 Å². The maximum Gasteiger partial charge on any atom is 0.344 e. The molecule has 3 aromatic rings. The van der Waals surface area contributed by atoms with Gasteiger partial charge in [-0.2, -0.15) is 0 Å². The van der Waals surface area contributed by atoms with Gasteiger partial charge in [-0.25, -0.2) is 22.5 Å². The normalized spacial score (nSPS) is 11.1. The Balaban J connectivity index is 1.63. The Hall–Kier alpha value is -3.83. The average Bonchev–Trinajstić information content (AvgIpc) is 2.78. The third kappa shape index (κ3) is 5.65. The molecule has 11 heteroatoms. The molecule has 0 aliphatic heterocycles. The number of nitrogens with zero attached hydrogens (tertiary/aromatic N) is 3. The molecule has 166 valence electrons. The summed E-state index contributed by atoms with van der Waals surface area (Å²) in [6.45, 7) is -0.593. The zero-order chi connectivity index (χ0) is 23.1. The quantitative estimate of drug-likeness (QED) is 0.512. The van der Waals surface area contributed by atoms with E-state index in [2.05, 4.69) is 15.3 Å². The number of ether oxygens (including phenoxy) is 2. The predicted molar refractivity (Wildman–Crippen MR) is 115 cm³/mol. The van der Waals surface area contributed by atoms with E-state index >= 15 is 0 Å². The molecule has 1 amide bonds. The summed E-state index contributed by atoms with van der Waals surface area (Å²) in [5, 5.41) is 2.50. The van der Waals surface area contributed by atoms with Crippen molar-refractivity contribution in [2.45, 2.75) is 4.90 Å². The number of carbonyl (C=O) groups is 2. The van der Waals surface area contributed by atoms with Crippen LogP contribution in [0.25, 0.3) is 0 Å². The van der Waals surface area contributed by atoms with Crippen LogP contribution in [0.5, 0.6) is 11.6 Å². The van der Waals surface area contributed by atoms with Crippen molar-refractivity contribution in [1.82, 2.24) is 14.3 Å². The molecule has 32 heavy (non-hydrogen) atoms. The summed E-state index contributed by atoms with van der Waals surface area (Å²) in [5.74, 6) is -1.06. The Morgan fingerprint density at radius 1 is 1.06 bits per heavy atom. The smallest absolute Gasteiger partial charge is 0.344 e. The van der Waals surface area contributed by atoms with Crippen LogP contribution >= 0.6 is 0 Å². The minimum Gasteiger partial charge on any atom is -0.452 e. The number of pyridine rings is 2. The van der Waals surface area contributed by atoms with Gasteiger partial charge in [0, 0.05) is 32.2 Å². The minimum absolute atomic E-state index is 0.00695. The number of benzene rings is 1. The summed E-state index contributed by atoms with van der Waals surface area (Å²) >= 11 is 0. The lowest BCUT2D eigenvalue weighted by Gasteiger charge is -2.13. The molecule has 0 bridgehead atoms. The van der Waals surface area contributed by atoms with Crippen LogP contribution < -0.4 is 10.1 Å². The van der Waals surface area contributed by atoms with Crippen LogP contribution in [-0.2, 0) is 19.6 Å². The monoisotopic (exact) mass is 456 g/mol. The second-order valence-electron chi connectivity index (χ2n) is 6.59. The molecule has 10 nitrogen and oxygen atoms in total. The van der Waals surface area contributed by atoms with E-state index < -0.39 is 28.5 Å². The zero-order valence-electron chi connectivity index (χ0n) is 17.3. The molecule has 0 spiro atoms. The number of carbonyl (C=O) groups excluding carboxylic acids is 2. The number of nitrogens with one attached hydrogen (secondary N) is 1. The largest absolute Gasteiger partial charge is 0.452 e. The van der Waals surface area contributed by atoms with Crippen LogP contribution in [0.15, 0.2) is 72.0 Å². The molecule has 2 aromatic heterocycles. The third-order valence-electron chi connectivity index (χ3n) is 4.07. The molecule has 1 aromatic carbocycles. The first kappa shape index (κ1) is 22.8. The third-order valence-corrected chi connectivity index (χ3v) is 5.88. The molecule has 0 unspecified atom stereocenters. The average molecular weight is 456 g/mol. The van der Waals surface area contributed by atoms with Crippen LogP contribution in [0.1, 0.15) is 10.4 Å². The molecule has 1 N–H and O–H groups in total. The van der Waals surface area contributed by atoms with E-state index in [-0.39, 0.29) is 22.0 Å². The van der Waals surface area contributed by atoms with E-state index in [1.165, 1.54) is 62.9 Å². The molecule has 0 aliphatic carbocycles. The van der Waals surface area contributed by atoms with Gasteiger partial charge in [-0.15, -0.1) is 0 Å². The first-order valence-corrected chi connectivity index (χ1v) is 10.7. The fraction of sp³-hybridized carbons (Fsp3) is 0.143. The van der Waals surface area contributed by atoms with Crippen molar-refractivity contribution in [3.63, 3.8) is 0 Å². The lowest BCUT2D eigenvalue weighted by molar-refractivity contribution is -0.119. The lowest BCUT2D eigenvalue weighted by atomic mass is 10.3. The van der Waals surface area contributed by atoms with Gasteiger partial charge in [0.2, 0.25) is 15.9 Å². The molecule has 0 saturated carbocycles. The van der Waals surface area contributed by atoms with Crippen LogP contribution in [0.3, 0.4) is 0 Å². The summed E-state index contributed by atoms with van der Waals surface area (Å²) in [5.41, 5.74) is 0.277. The highest BCUT2D eigenvalue weighted by Crippen LogP contribution is 2.23. The molecule has 0 atom stereocenters. The Bertz CT molecular complexity index is 1220. The molecular weight excluding hydrogens is 436 g/mol. The highest BCUT2D eigenvalue weighted by Gasteiger charge is 2.19. The van der Waals surface area contributed by atoms with Crippen molar-refractivity contribution in [3.05, 3.63) is 72.7 Å². The predicted octanol–water partition coefficient (Wildman–Crippen LogP) is 2.31. The topological polar surface area (TPSA) is 128 Å². The number of aromatic nitrogens is 2. The van der Waals surface area contributed by atoms with E-state index in [1.807, 2.05) is 0 Å². The van der Waals surface area contributed by atoms with Crippen molar-refractivity contribution in [1.29, 1.82) is 0 Å². The number of rotatable bonds is 8. The van der Waals surface area contributed by atoms with Crippen molar-refractivity contribution in [3.8, 4) is 11.6 Å². The maximum absolute atomic E-state index is 12.5. The van der Waals surface area contributed by atoms with Crippen LogP contribution in [0.2, 0.25) is 0 Å². The highest BCUT2D eigenvalue weighted by atomic mass is 32.2.